The molecule has 8 heteroatoms. The molecule has 1 N–H and O–H groups in total. The first-order valence-corrected chi connectivity index (χ1v) is 8.40. The highest BCUT2D eigenvalue weighted by Gasteiger charge is 2.13. The number of hydrogen-bond acceptors (Lipinski definition) is 5. The molecule has 0 fully saturated rings. The Balaban J connectivity index is 1.55. The van der Waals surface area contributed by atoms with Gasteiger partial charge in [0.1, 0.15) is 24.8 Å². The van der Waals surface area contributed by atoms with Crippen molar-refractivity contribution in [3.05, 3.63) is 65.3 Å². The second-order valence-electron chi connectivity index (χ2n) is 5.36. The van der Waals surface area contributed by atoms with Gasteiger partial charge in [-0.3, -0.25) is 4.79 Å². The number of carbonyl (C=O) groups is 1. The zero-order valence-electron chi connectivity index (χ0n) is 14.1. The van der Waals surface area contributed by atoms with E-state index in [0.29, 0.717) is 35.6 Å². The van der Waals surface area contributed by atoms with Crippen LogP contribution in [-0.4, -0.2) is 22.3 Å². The maximum Gasteiger partial charge on any atom is 0.291 e. The molecular formula is C18H18ClN3O4. The number of nitrogens with zero attached hydrogens (tertiary/aromatic N) is 2. The highest BCUT2D eigenvalue weighted by molar-refractivity contribution is 6.30. The van der Waals surface area contributed by atoms with E-state index in [1.165, 1.54) is 0 Å². The van der Waals surface area contributed by atoms with Gasteiger partial charge < -0.3 is 19.2 Å². The summed E-state index contributed by atoms with van der Waals surface area (Å²) in [6.45, 7) is 3.02. The Morgan fingerprint density at radius 2 is 2.23 bits per heavy atom. The van der Waals surface area contributed by atoms with Crippen LogP contribution in [0, 0.1) is 0 Å². The van der Waals surface area contributed by atoms with E-state index in [4.69, 9.17) is 25.5 Å². The average Bonchev–Trinajstić information content (AvgIpc) is 3.28. The lowest BCUT2D eigenvalue weighted by atomic mass is 10.3. The molecule has 3 rings (SSSR count). The Kier molecular flexibility index (Phi) is 5.93. The number of furan rings is 1. The summed E-state index contributed by atoms with van der Waals surface area (Å²) in [5.74, 6) is 0.978. The van der Waals surface area contributed by atoms with E-state index in [0.717, 1.165) is 0 Å². The number of carbonyl (C=O) groups excluding carboxylic acids is 1. The SMILES string of the molecule is CCOCn1cc(NC(=O)c2ccc(COc3cccc(Cl)c3)o2)cn1. The number of aromatic nitrogens is 2. The van der Waals surface area contributed by atoms with Crippen LogP contribution in [0.1, 0.15) is 23.2 Å². The Labute approximate surface area is 155 Å². The van der Waals surface area contributed by atoms with Gasteiger partial charge >= 0.3 is 0 Å². The van der Waals surface area contributed by atoms with Crippen molar-refractivity contribution in [1.82, 2.24) is 9.78 Å². The summed E-state index contributed by atoms with van der Waals surface area (Å²) in [5, 5.41) is 7.40. The van der Waals surface area contributed by atoms with Gasteiger partial charge in [0.2, 0.25) is 0 Å². The Morgan fingerprint density at radius 3 is 3.04 bits per heavy atom. The van der Waals surface area contributed by atoms with Crippen molar-refractivity contribution in [3.8, 4) is 5.75 Å². The number of amides is 1. The minimum Gasteiger partial charge on any atom is -0.486 e. The predicted molar refractivity (Wildman–Crippen MR) is 96.3 cm³/mol. The second kappa shape index (κ2) is 8.55. The molecule has 2 heterocycles. The summed E-state index contributed by atoms with van der Waals surface area (Å²) in [6.07, 6.45) is 3.22. The molecule has 136 valence electrons. The summed E-state index contributed by atoms with van der Waals surface area (Å²) >= 11 is 5.91. The zero-order chi connectivity index (χ0) is 18.4. The van der Waals surface area contributed by atoms with E-state index in [2.05, 4.69) is 10.4 Å². The van der Waals surface area contributed by atoms with E-state index in [9.17, 15) is 4.79 Å². The molecule has 7 nitrogen and oxygen atoms in total. The molecule has 0 atom stereocenters. The fourth-order valence-corrected chi connectivity index (χ4v) is 2.35. The summed E-state index contributed by atoms with van der Waals surface area (Å²) in [4.78, 5) is 12.2. The van der Waals surface area contributed by atoms with Crippen LogP contribution in [0.5, 0.6) is 5.75 Å². The van der Waals surface area contributed by atoms with E-state index in [1.807, 2.05) is 6.92 Å². The van der Waals surface area contributed by atoms with E-state index in [-0.39, 0.29) is 18.3 Å². The molecule has 0 radical (unpaired) electrons. The molecule has 0 aliphatic heterocycles. The summed E-state index contributed by atoms with van der Waals surface area (Å²) < 4.78 is 17.9. The molecule has 0 aliphatic carbocycles. The maximum atomic E-state index is 12.2. The lowest BCUT2D eigenvalue weighted by Crippen LogP contribution is -2.10. The molecule has 0 spiro atoms. The third kappa shape index (κ3) is 4.87. The van der Waals surface area contributed by atoms with Gasteiger partial charge in [0.15, 0.2) is 5.76 Å². The van der Waals surface area contributed by atoms with Crippen LogP contribution in [-0.2, 0) is 18.1 Å². The van der Waals surface area contributed by atoms with E-state index >= 15 is 0 Å². The van der Waals surface area contributed by atoms with Crippen molar-refractivity contribution >= 4 is 23.2 Å². The standard InChI is InChI=1S/C18H18ClN3O4/c1-2-24-12-22-10-14(9-20-22)21-18(23)17-7-6-16(26-17)11-25-15-5-3-4-13(19)8-15/h3-10H,2,11-12H2,1H3,(H,21,23). The fraction of sp³-hybridized carbons (Fsp3) is 0.222. The smallest absolute Gasteiger partial charge is 0.291 e. The molecule has 3 aromatic rings. The third-order valence-electron chi connectivity index (χ3n) is 3.38. The van der Waals surface area contributed by atoms with E-state index < -0.39 is 0 Å². The van der Waals surface area contributed by atoms with Gasteiger partial charge in [0.05, 0.1) is 18.1 Å². The number of ether oxygens (including phenoxy) is 2. The lowest BCUT2D eigenvalue weighted by molar-refractivity contribution is 0.0792. The Hall–Kier alpha value is -2.77. The van der Waals surface area contributed by atoms with Gasteiger partial charge in [-0.1, -0.05) is 17.7 Å². The van der Waals surface area contributed by atoms with Gasteiger partial charge in [-0.15, -0.1) is 0 Å². The Bertz CT molecular complexity index is 875. The van der Waals surface area contributed by atoms with Crippen LogP contribution in [0.2, 0.25) is 5.02 Å². The van der Waals surface area contributed by atoms with Crippen LogP contribution in [0.15, 0.2) is 53.2 Å². The molecule has 0 saturated heterocycles. The summed E-state index contributed by atoms with van der Waals surface area (Å²) in [7, 11) is 0. The summed E-state index contributed by atoms with van der Waals surface area (Å²) in [5.41, 5.74) is 0.558. The van der Waals surface area contributed by atoms with Crippen molar-refractivity contribution in [2.75, 3.05) is 11.9 Å². The number of rotatable bonds is 8. The molecule has 1 aromatic carbocycles. The molecule has 0 saturated carbocycles. The molecule has 0 aliphatic rings. The van der Waals surface area contributed by atoms with Gasteiger partial charge in [-0.2, -0.15) is 5.10 Å². The first kappa shape index (κ1) is 18.0. The van der Waals surface area contributed by atoms with Crippen LogP contribution in [0.3, 0.4) is 0 Å². The highest BCUT2D eigenvalue weighted by atomic mass is 35.5. The quantitative estimate of drug-likeness (QED) is 0.644. The average molecular weight is 376 g/mol. The topological polar surface area (TPSA) is 78.5 Å². The first-order valence-electron chi connectivity index (χ1n) is 8.02. The number of nitrogens with one attached hydrogen (secondary N) is 1. The number of halogens is 1. The van der Waals surface area contributed by atoms with Gasteiger partial charge in [-0.25, -0.2) is 4.68 Å². The molecule has 0 unspecified atom stereocenters. The van der Waals surface area contributed by atoms with Crippen LogP contribution < -0.4 is 10.1 Å². The highest BCUT2D eigenvalue weighted by Crippen LogP contribution is 2.19. The van der Waals surface area contributed by atoms with Gasteiger partial charge in [-0.05, 0) is 37.3 Å². The molecule has 26 heavy (non-hydrogen) atoms. The fourth-order valence-electron chi connectivity index (χ4n) is 2.17. The minimum atomic E-state index is -0.366. The van der Waals surface area contributed by atoms with Crippen LogP contribution >= 0.6 is 11.6 Å². The van der Waals surface area contributed by atoms with Crippen LogP contribution in [0.25, 0.3) is 0 Å². The number of hydrogen-bond donors (Lipinski definition) is 1. The van der Waals surface area contributed by atoms with Crippen molar-refractivity contribution < 1.29 is 18.7 Å². The zero-order valence-corrected chi connectivity index (χ0v) is 14.9. The predicted octanol–water partition coefficient (Wildman–Crippen LogP) is 3.95. The van der Waals surface area contributed by atoms with Crippen molar-refractivity contribution in [2.24, 2.45) is 0 Å². The molecule has 0 bridgehead atoms. The van der Waals surface area contributed by atoms with Crippen molar-refractivity contribution in [3.63, 3.8) is 0 Å². The van der Waals surface area contributed by atoms with Crippen LogP contribution in [0.4, 0.5) is 5.69 Å². The summed E-state index contributed by atoms with van der Waals surface area (Å²) in [6, 6.07) is 10.3. The largest absolute Gasteiger partial charge is 0.486 e. The second-order valence-corrected chi connectivity index (χ2v) is 5.79. The number of anilines is 1. The number of benzene rings is 1. The lowest BCUT2D eigenvalue weighted by Gasteiger charge is -2.04. The molecular weight excluding hydrogens is 358 g/mol. The molecule has 2 aromatic heterocycles. The normalized spacial score (nSPS) is 10.7. The van der Waals surface area contributed by atoms with Crippen molar-refractivity contribution in [1.29, 1.82) is 0 Å². The van der Waals surface area contributed by atoms with Gasteiger partial charge in [0, 0.05) is 11.6 Å². The molecule has 1 amide bonds. The Morgan fingerprint density at radius 1 is 1.35 bits per heavy atom. The maximum absolute atomic E-state index is 12.2. The monoisotopic (exact) mass is 375 g/mol. The minimum absolute atomic E-state index is 0.187. The van der Waals surface area contributed by atoms with E-state index in [1.54, 1.807) is 53.5 Å². The van der Waals surface area contributed by atoms with Crippen molar-refractivity contribution in [2.45, 2.75) is 20.3 Å². The van der Waals surface area contributed by atoms with Gasteiger partial charge in [0.25, 0.3) is 5.91 Å². The third-order valence-corrected chi connectivity index (χ3v) is 3.62. The first-order chi connectivity index (χ1) is 12.6.